The summed E-state index contributed by atoms with van der Waals surface area (Å²) in [4.78, 5) is 2.56. The molecule has 0 aliphatic carbocycles. The van der Waals surface area contributed by atoms with E-state index in [1.165, 1.54) is 25.3 Å². The van der Waals surface area contributed by atoms with Crippen LogP contribution in [0.25, 0.3) is 0 Å². The largest absolute Gasteiger partial charge is 0.399 e. The molecule has 1 fully saturated rings. The number of rotatable bonds is 4. The van der Waals surface area contributed by atoms with Crippen LogP contribution in [-0.4, -0.2) is 38.7 Å². The summed E-state index contributed by atoms with van der Waals surface area (Å²) >= 11 is 0. The molecular weight excluding hydrogens is 248 g/mol. The van der Waals surface area contributed by atoms with Crippen LogP contribution in [0.15, 0.2) is 29.2 Å². The van der Waals surface area contributed by atoms with Crippen LogP contribution < -0.4 is 5.73 Å². The fourth-order valence-electron chi connectivity index (χ4n) is 2.26. The highest BCUT2D eigenvalue weighted by Crippen LogP contribution is 2.15. The molecule has 100 valence electrons. The van der Waals surface area contributed by atoms with E-state index in [9.17, 15) is 8.42 Å². The SMILES string of the molecule is Nc1cccc(S(=O)(=O)CCN2CCCCC2)c1. The van der Waals surface area contributed by atoms with Crippen LogP contribution in [0.1, 0.15) is 19.3 Å². The van der Waals surface area contributed by atoms with E-state index in [1.54, 1.807) is 18.2 Å². The van der Waals surface area contributed by atoms with E-state index in [2.05, 4.69) is 4.90 Å². The molecule has 1 aromatic carbocycles. The second-order valence-electron chi connectivity index (χ2n) is 4.79. The molecule has 18 heavy (non-hydrogen) atoms. The van der Waals surface area contributed by atoms with Crippen LogP contribution in [0.3, 0.4) is 0 Å². The summed E-state index contributed by atoms with van der Waals surface area (Å²) in [5, 5.41) is 0. The number of hydrogen-bond donors (Lipinski definition) is 1. The highest BCUT2D eigenvalue weighted by Gasteiger charge is 2.17. The van der Waals surface area contributed by atoms with E-state index in [0.29, 0.717) is 17.1 Å². The van der Waals surface area contributed by atoms with Gasteiger partial charge in [0.15, 0.2) is 9.84 Å². The monoisotopic (exact) mass is 268 g/mol. The normalized spacial score (nSPS) is 17.8. The Hall–Kier alpha value is -1.07. The number of likely N-dealkylation sites (tertiary alicyclic amines) is 1. The zero-order chi connectivity index (χ0) is 13.0. The molecule has 1 heterocycles. The number of piperidine rings is 1. The van der Waals surface area contributed by atoms with E-state index >= 15 is 0 Å². The summed E-state index contributed by atoms with van der Waals surface area (Å²) in [6.07, 6.45) is 3.62. The van der Waals surface area contributed by atoms with Crippen LogP contribution >= 0.6 is 0 Å². The van der Waals surface area contributed by atoms with Crippen molar-refractivity contribution in [1.82, 2.24) is 4.90 Å². The van der Waals surface area contributed by atoms with Gasteiger partial charge in [-0.25, -0.2) is 8.42 Å². The maximum Gasteiger partial charge on any atom is 0.179 e. The van der Waals surface area contributed by atoms with E-state index in [1.807, 2.05) is 0 Å². The van der Waals surface area contributed by atoms with Gasteiger partial charge in [-0.1, -0.05) is 12.5 Å². The van der Waals surface area contributed by atoms with Crippen molar-refractivity contribution >= 4 is 15.5 Å². The molecule has 1 saturated heterocycles. The van der Waals surface area contributed by atoms with Crippen molar-refractivity contribution in [2.75, 3.05) is 31.1 Å². The van der Waals surface area contributed by atoms with Gasteiger partial charge in [-0.05, 0) is 44.1 Å². The average molecular weight is 268 g/mol. The fraction of sp³-hybridized carbons (Fsp3) is 0.538. The first kappa shape index (κ1) is 13.4. The predicted octanol–water partition coefficient (Wildman–Crippen LogP) is 1.53. The highest BCUT2D eigenvalue weighted by molar-refractivity contribution is 7.91. The topological polar surface area (TPSA) is 63.4 Å². The molecule has 1 aliphatic rings. The first-order chi connectivity index (χ1) is 8.58. The lowest BCUT2D eigenvalue weighted by molar-refractivity contribution is 0.241. The zero-order valence-corrected chi connectivity index (χ0v) is 11.3. The summed E-state index contributed by atoms with van der Waals surface area (Å²) in [5.74, 6) is 0.177. The third-order valence-electron chi connectivity index (χ3n) is 3.34. The third-order valence-corrected chi connectivity index (χ3v) is 5.03. The first-order valence-corrected chi connectivity index (χ1v) is 8.04. The van der Waals surface area contributed by atoms with Gasteiger partial charge in [0.1, 0.15) is 0 Å². The molecule has 0 unspecified atom stereocenters. The number of nitrogens with two attached hydrogens (primary N) is 1. The van der Waals surface area contributed by atoms with E-state index < -0.39 is 9.84 Å². The van der Waals surface area contributed by atoms with Crippen molar-refractivity contribution in [3.63, 3.8) is 0 Å². The average Bonchev–Trinajstić information content (AvgIpc) is 2.38. The Morgan fingerprint density at radius 1 is 1.17 bits per heavy atom. The van der Waals surface area contributed by atoms with Crippen LogP contribution in [-0.2, 0) is 9.84 Å². The number of nitrogen functional groups attached to an aromatic ring is 1. The second kappa shape index (κ2) is 5.71. The summed E-state index contributed by atoms with van der Waals surface area (Å²) in [7, 11) is -3.20. The molecule has 0 amide bonds. The molecule has 0 bridgehead atoms. The van der Waals surface area contributed by atoms with Gasteiger partial charge in [0, 0.05) is 12.2 Å². The minimum atomic E-state index is -3.20. The predicted molar refractivity (Wildman–Crippen MR) is 73.2 cm³/mol. The standard InChI is InChI=1S/C13H20N2O2S/c14-12-5-4-6-13(11-12)18(16,17)10-9-15-7-2-1-3-8-15/h4-6,11H,1-3,7-10,14H2. The Labute approximate surface area is 109 Å². The molecular formula is C13H20N2O2S. The van der Waals surface area contributed by atoms with Crippen molar-refractivity contribution in [1.29, 1.82) is 0 Å². The van der Waals surface area contributed by atoms with Gasteiger partial charge in [0.25, 0.3) is 0 Å². The lowest BCUT2D eigenvalue weighted by atomic mass is 10.1. The Kier molecular flexibility index (Phi) is 4.24. The lowest BCUT2D eigenvalue weighted by Gasteiger charge is -2.26. The van der Waals surface area contributed by atoms with Gasteiger partial charge in [-0.3, -0.25) is 0 Å². The van der Waals surface area contributed by atoms with Crippen molar-refractivity contribution in [2.24, 2.45) is 0 Å². The molecule has 1 aromatic rings. The molecule has 0 atom stereocenters. The smallest absolute Gasteiger partial charge is 0.179 e. The minimum Gasteiger partial charge on any atom is -0.399 e. The van der Waals surface area contributed by atoms with Gasteiger partial charge < -0.3 is 10.6 Å². The molecule has 0 radical (unpaired) electrons. The number of benzene rings is 1. The minimum absolute atomic E-state index is 0.177. The highest BCUT2D eigenvalue weighted by atomic mass is 32.2. The molecule has 0 spiro atoms. The summed E-state index contributed by atoms with van der Waals surface area (Å²) in [6, 6.07) is 6.53. The van der Waals surface area contributed by atoms with Gasteiger partial charge in [-0.2, -0.15) is 0 Å². The van der Waals surface area contributed by atoms with E-state index in [0.717, 1.165) is 13.1 Å². The molecule has 0 saturated carbocycles. The van der Waals surface area contributed by atoms with E-state index in [4.69, 9.17) is 5.73 Å². The van der Waals surface area contributed by atoms with Crippen LogP contribution in [0.5, 0.6) is 0 Å². The Bertz CT molecular complexity index is 493. The number of anilines is 1. The molecule has 0 aromatic heterocycles. The maximum atomic E-state index is 12.1. The fourth-order valence-corrected chi connectivity index (χ4v) is 3.59. The van der Waals surface area contributed by atoms with Crippen LogP contribution in [0.2, 0.25) is 0 Å². The number of sulfone groups is 1. The lowest BCUT2D eigenvalue weighted by Crippen LogP contribution is -2.33. The summed E-state index contributed by atoms with van der Waals surface area (Å²) in [6.45, 7) is 2.66. The van der Waals surface area contributed by atoms with E-state index in [-0.39, 0.29) is 5.75 Å². The Morgan fingerprint density at radius 3 is 2.56 bits per heavy atom. The van der Waals surface area contributed by atoms with Crippen molar-refractivity contribution < 1.29 is 8.42 Å². The second-order valence-corrected chi connectivity index (χ2v) is 6.90. The zero-order valence-electron chi connectivity index (χ0n) is 10.5. The van der Waals surface area contributed by atoms with Crippen molar-refractivity contribution in [3.05, 3.63) is 24.3 Å². The van der Waals surface area contributed by atoms with Crippen LogP contribution in [0.4, 0.5) is 5.69 Å². The molecule has 5 heteroatoms. The summed E-state index contributed by atoms with van der Waals surface area (Å²) in [5.41, 5.74) is 6.11. The quantitative estimate of drug-likeness (QED) is 0.841. The van der Waals surface area contributed by atoms with Gasteiger partial charge in [0.05, 0.1) is 10.6 Å². The van der Waals surface area contributed by atoms with Gasteiger partial charge in [0.2, 0.25) is 0 Å². The molecule has 1 aliphatic heterocycles. The van der Waals surface area contributed by atoms with Crippen molar-refractivity contribution in [2.45, 2.75) is 24.2 Å². The van der Waals surface area contributed by atoms with Crippen LogP contribution in [0, 0.1) is 0 Å². The molecule has 2 rings (SSSR count). The Morgan fingerprint density at radius 2 is 1.89 bits per heavy atom. The Balaban J connectivity index is 1.98. The summed E-state index contributed by atoms with van der Waals surface area (Å²) < 4.78 is 24.3. The third kappa shape index (κ3) is 3.46. The number of nitrogens with zero attached hydrogens (tertiary/aromatic N) is 1. The van der Waals surface area contributed by atoms with Gasteiger partial charge in [-0.15, -0.1) is 0 Å². The number of hydrogen-bond acceptors (Lipinski definition) is 4. The van der Waals surface area contributed by atoms with Crippen molar-refractivity contribution in [3.8, 4) is 0 Å². The molecule has 2 N–H and O–H groups in total. The first-order valence-electron chi connectivity index (χ1n) is 6.38. The maximum absolute atomic E-state index is 12.1. The molecule has 4 nitrogen and oxygen atoms in total. The van der Waals surface area contributed by atoms with Gasteiger partial charge >= 0.3 is 0 Å².